The first-order valence-corrected chi connectivity index (χ1v) is 11.8. The van der Waals surface area contributed by atoms with Crippen molar-refractivity contribution < 1.29 is 14.5 Å². The Labute approximate surface area is 191 Å². The second-order valence-electron chi connectivity index (χ2n) is 9.31. The number of carbonyl (C=O) groups is 2. The molecule has 0 saturated heterocycles. The van der Waals surface area contributed by atoms with Gasteiger partial charge in [0.15, 0.2) is 5.78 Å². The van der Waals surface area contributed by atoms with Gasteiger partial charge in [0.25, 0.3) is 5.69 Å². The van der Waals surface area contributed by atoms with Crippen LogP contribution in [-0.4, -0.2) is 22.9 Å². The zero-order valence-electron chi connectivity index (χ0n) is 18.7. The second kappa shape index (κ2) is 8.20. The van der Waals surface area contributed by atoms with Gasteiger partial charge in [-0.1, -0.05) is 32.0 Å². The summed E-state index contributed by atoms with van der Waals surface area (Å²) >= 11 is 1.63. The minimum Gasteiger partial charge on any atom is -0.294 e. The lowest BCUT2D eigenvalue weighted by molar-refractivity contribution is -0.384. The molecule has 0 spiro atoms. The van der Waals surface area contributed by atoms with Crippen molar-refractivity contribution in [1.82, 2.24) is 0 Å². The van der Waals surface area contributed by atoms with Gasteiger partial charge in [-0.2, -0.15) is 0 Å². The summed E-state index contributed by atoms with van der Waals surface area (Å²) in [6.07, 6.45) is 3.00. The van der Waals surface area contributed by atoms with Crippen molar-refractivity contribution in [2.75, 3.05) is 11.2 Å². The summed E-state index contributed by atoms with van der Waals surface area (Å²) in [4.78, 5) is 40.8. The van der Waals surface area contributed by atoms with Crippen molar-refractivity contribution in [3.05, 3.63) is 75.0 Å². The molecular weight excluding hydrogens is 424 g/mol. The molecule has 0 aromatic heterocycles. The maximum absolute atomic E-state index is 13.5. The molecule has 1 atom stereocenters. The molecule has 1 aliphatic heterocycles. The maximum Gasteiger partial charge on any atom is 0.293 e. The first-order chi connectivity index (χ1) is 15.1. The molecule has 0 radical (unpaired) electrons. The van der Waals surface area contributed by atoms with Crippen LogP contribution in [-0.2, 0) is 9.59 Å². The van der Waals surface area contributed by atoms with Crippen LogP contribution >= 0.6 is 11.8 Å². The van der Waals surface area contributed by atoms with Crippen molar-refractivity contribution in [1.29, 1.82) is 0 Å². The summed E-state index contributed by atoms with van der Waals surface area (Å²) in [5.74, 6) is -0.541. The van der Waals surface area contributed by atoms with Crippen LogP contribution < -0.4 is 4.90 Å². The summed E-state index contributed by atoms with van der Waals surface area (Å²) in [6, 6.07) is 12.8. The van der Waals surface area contributed by atoms with E-state index in [0.29, 0.717) is 24.1 Å². The molecule has 2 aromatic rings. The van der Waals surface area contributed by atoms with Gasteiger partial charge in [0, 0.05) is 41.0 Å². The van der Waals surface area contributed by atoms with Crippen LogP contribution in [0.3, 0.4) is 0 Å². The summed E-state index contributed by atoms with van der Waals surface area (Å²) in [5.41, 5.74) is 2.67. The number of hydrogen-bond donors (Lipinski definition) is 0. The predicted octanol–water partition coefficient (Wildman–Crippen LogP) is 5.79. The third-order valence-electron chi connectivity index (χ3n) is 6.23. The van der Waals surface area contributed by atoms with Gasteiger partial charge in [0.1, 0.15) is 5.69 Å². The number of nitrogens with zero attached hydrogens (tertiary/aromatic N) is 2. The fraction of sp³-hybridized carbons (Fsp3) is 0.360. The first kappa shape index (κ1) is 22.3. The molecule has 1 unspecified atom stereocenters. The van der Waals surface area contributed by atoms with E-state index in [2.05, 4.69) is 0 Å². The van der Waals surface area contributed by atoms with Gasteiger partial charge in [0.05, 0.1) is 4.92 Å². The highest BCUT2D eigenvalue weighted by Crippen LogP contribution is 2.49. The van der Waals surface area contributed by atoms with E-state index < -0.39 is 4.92 Å². The molecule has 1 amide bonds. The van der Waals surface area contributed by atoms with Crippen molar-refractivity contribution in [3.63, 3.8) is 0 Å². The Kier molecular flexibility index (Phi) is 5.71. The highest BCUT2D eigenvalue weighted by molar-refractivity contribution is 7.98. The van der Waals surface area contributed by atoms with E-state index in [4.69, 9.17) is 0 Å². The number of ketones is 1. The molecule has 32 heavy (non-hydrogen) atoms. The molecule has 1 heterocycles. The van der Waals surface area contributed by atoms with Gasteiger partial charge < -0.3 is 0 Å². The van der Waals surface area contributed by atoms with Crippen LogP contribution in [0.15, 0.2) is 58.6 Å². The van der Waals surface area contributed by atoms with Crippen molar-refractivity contribution in [2.24, 2.45) is 5.41 Å². The van der Waals surface area contributed by atoms with Gasteiger partial charge >= 0.3 is 0 Å². The Bertz CT molecular complexity index is 1150. The number of nitro benzene ring substituents is 1. The topological polar surface area (TPSA) is 80.5 Å². The number of benzene rings is 2. The Morgan fingerprint density at radius 1 is 1.09 bits per heavy atom. The van der Waals surface area contributed by atoms with Crippen LogP contribution in [0.25, 0.3) is 0 Å². The molecule has 0 fully saturated rings. The third-order valence-corrected chi connectivity index (χ3v) is 6.97. The number of aryl methyl sites for hydroxylation is 1. The summed E-state index contributed by atoms with van der Waals surface area (Å²) in [5, 5.41) is 11.8. The van der Waals surface area contributed by atoms with E-state index in [0.717, 1.165) is 16.0 Å². The van der Waals surface area contributed by atoms with Gasteiger partial charge in [-0.25, -0.2) is 0 Å². The third kappa shape index (κ3) is 3.97. The van der Waals surface area contributed by atoms with E-state index in [1.165, 1.54) is 11.0 Å². The molecule has 0 N–H and O–H groups in total. The summed E-state index contributed by atoms with van der Waals surface area (Å²) < 4.78 is 0. The second-order valence-corrected chi connectivity index (χ2v) is 10.2. The minimum absolute atomic E-state index is 0.0162. The zero-order chi connectivity index (χ0) is 23.2. The fourth-order valence-corrected chi connectivity index (χ4v) is 5.19. The Hall–Kier alpha value is -2.93. The van der Waals surface area contributed by atoms with Gasteiger partial charge in [0.2, 0.25) is 5.91 Å². The normalized spacial score (nSPS) is 20.4. The number of Topliss-reactive ketones (excluding diaryl/α,β-unsaturated/α-hetero) is 1. The van der Waals surface area contributed by atoms with Crippen LogP contribution in [0.4, 0.5) is 11.4 Å². The number of amides is 1. The average Bonchev–Trinajstić information content (AvgIpc) is 2.72. The molecule has 4 rings (SSSR count). The SMILES string of the molecule is CSc1ccc(C2CC(=O)N(c3ccc(C)cc3[N+](=O)[O-])C3=C2C(=O)CC(C)(C)C3)cc1. The molecule has 6 nitrogen and oxygen atoms in total. The van der Waals surface area contributed by atoms with Crippen molar-refractivity contribution >= 4 is 34.8 Å². The first-order valence-electron chi connectivity index (χ1n) is 10.6. The van der Waals surface area contributed by atoms with Crippen molar-refractivity contribution in [3.8, 4) is 0 Å². The smallest absolute Gasteiger partial charge is 0.293 e. The molecular formula is C25H26N2O4S. The Balaban J connectivity index is 1.92. The lowest BCUT2D eigenvalue weighted by Gasteiger charge is -2.42. The van der Waals surface area contributed by atoms with E-state index in [9.17, 15) is 19.7 Å². The predicted molar refractivity (Wildman–Crippen MR) is 126 cm³/mol. The monoisotopic (exact) mass is 450 g/mol. The van der Waals surface area contributed by atoms with Gasteiger partial charge in [-0.3, -0.25) is 24.6 Å². The largest absolute Gasteiger partial charge is 0.294 e. The molecule has 2 aliphatic rings. The maximum atomic E-state index is 13.5. The van der Waals surface area contributed by atoms with Crippen LogP contribution in [0.1, 0.15) is 50.2 Å². The number of carbonyl (C=O) groups excluding carboxylic acids is 2. The van der Waals surface area contributed by atoms with E-state index in [-0.39, 0.29) is 40.8 Å². The fourth-order valence-electron chi connectivity index (χ4n) is 4.78. The number of nitro groups is 1. The molecule has 2 aromatic carbocycles. The lowest BCUT2D eigenvalue weighted by atomic mass is 9.69. The highest BCUT2D eigenvalue weighted by Gasteiger charge is 2.45. The van der Waals surface area contributed by atoms with Gasteiger partial charge in [-0.05, 0) is 54.3 Å². The van der Waals surface area contributed by atoms with Crippen LogP contribution in [0.5, 0.6) is 0 Å². The Morgan fingerprint density at radius 3 is 2.41 bits per heavy atom. The standard InChI is InChI=1S/C25H26N2O4S/c1-15-5-10-19(20(11-15)27(30)31)26-21-13-25(2,3)14-22(28)24(21)18(12-23(26)29)16-6-8-17(32-4)9-7-16/h5-11,18H,12-14H2,1-4H3. The van der Waals surface area contributed by atoms with E-state index in [1.807, 2.05) is 44.4 Å². The molecule has 0 saturated carbocycles. The number of anilines is 1. The van der Waals surface area contributed by atoms with Crippen LogP contribution in [0, 0.1) is 22.5 Å². The number of rotatable bonds is 4. The molecule has 166 valence electrons. The Morgan fingerprint density at radius 2 is 1.78 bits per heavy atom. The summed E-state index contributed by atoms with van der Waals surface area (Å²) in [7, 11) is 0. The average molecular weight is 451 g/mol. The number of hydrogen-bond acceptors (Lipinski definition) is 5. The molecule has 1 aliphatic carbocycles. The van der Waals surface area contributed by atoms with Crippen LogP contribution in [0.2, 0.25) is 0 Å². The molecule has 7 heteroatoms. The zero-order valence-corrected chi connectivity index (χ0v) is 19.5. The molecule has 0 bridgehead atoms. The summed E-state index contributed by atoms with van der Waals surface area (Å²) in [6.45, 7) is 5.77. The van der Waals surface area contributed by atoms with E-state index >= 15 is 0 Å². The van der Waals surface area contributed by atoms with Gasteiger partial charge in [-0.15, -0.1) is 11.8 Å². The highest BCUT2D eigenvalue weighted by atomic mass is 32.2. The van der Waals surface area contributed by atoms with Crippen molar-refractivity contribution in [2.45, 2.75) is 50.8 Å². The lowest BCUT2D eigenvalue weighted by Crippen LogP contribution is -2.44. The number of thioether (sulfide) groups is 1. The minimum atomic E-state index is -0.459. The quantitative estimate of drug-likeness (QED) is 0.335. The van der Waals surface area contributed by atoms with E-state index in [1.54, 1.807) is 30.8 Å². The number of allylic oxidation sites excluding steroid dienone is 2.